The monoisotopic (exact) mass is 186 g/mol. The van der Waals surface area contributed by atoms with E-state index in [0.29, 0.717) is 0 Å². The normalized spacial score (nSPS) is 17.3. The van der Waals surface area contributed by atoms with E-state index in [4.69, 9.17) is 8.22 Å². The Morgan fingerprint density at radius 2 is 1.64 bits per heavy atom. The fourth-order valence-electron chi connectivity index (χ4n) is 1.03. The van der Waals surface area contributed by atoms with E-state index in [1.54, 1.807) is 24.3 Å². The molecular formula is C14H12. The third kappa shape index (κ3) is 2.33. The van der Waals surface area contributed by atoms with Crippen molar-refractivity contribution >= 4 is 12.1 Å². The van der Waals surface area contributed by atoms with Crippen LogP contribution in [0, 0.1) is 0 Å². The molecule has 2 aromatic rings. The molecule has 2 rings (SSSR count). The lowest BCUT2D eigenvalue weighted by atomic mass is 10.1. The molecule has 0 bridgehead atoms. The van der Waals surface area contributed by atoms with Crippen molar-refractivity contribution in [2.75, 3.05) is 0 Å². The molecule has 0 spiro atoms. The quantitative estimate of drug-likeness (QED) is 0.625. The van der Waals surface area contributed by atoms with Gasteiger partial charge in [0.2, 0.25) is 0 Å². The van der Waals surface area contributed by atoms with Crippen LogP contribution in [0.3, 0.4) is 0 Å². The van der Waals surface area contributed by atoms with Crippen LogP contribution in [0.5, 0.6) is 0 Å². The molecule has 0 fully saturated rings. The van der Waals surface area contributed by atoms with Crippen LogP contribution in [0.25, 0.3) is 12.1 Å². The molecule has 14 heavy (non-hydrogen) atoms. The van der Waals surface area contributed by atoms with Gasteiger partial charge in [-0.25, -0.2) is 0 Å². The Hall–Kier alpha value is -1.82. The van der Waals surface area contributed by atoms with Gasteiger partial charge in [0.25, 0.3) is 0 Å². The number of rotatable bonds is 2. The molecule has 0 aromatic heterocycles. The van der Waals surface area contributed by atoms with Crippen LogP contribution in [0.4, 0.5) is 0 Å². The van der Waals surface area contributed by atoms with Gasteiger partial charge in [-0.1, -0.05) is 72.7 Å². The van der Waals surface area contributed by atoms with Gasteiger partial charge in [-0.3, -0.25) is 0 Å². The van der Waals surface area contributed by atoms with Gasteiger partial charge in [0.05, 0.1) is 8.22 Å². The van der Waals surface area contributed by atoms with Crippen molar-refractivity contribution in [2.45, 2.75) is 0 Å². The summed E-state index contributed by atoms with van der Waals surface area (Å²) in [5.74, 6) is 0. The lowest BCUT2D eigenvalue weighted by molar-refractivity contribution is 1.65. The molecule has 2 aromatic carbocycles. The lowest BCUT2D eigenvalue weighted by Crippen LogP contribution is -1.70. The fraction of sp³-hybridized carbons (Fsp3) is 0. The average molecular weight is 186 g/mol. The van der Waals surface area contributed by atoms with Gasteiger partial charge in [-0.05, 0) is 11.1 Å². The second kappa shape index (κ2) is 4.43. The first kappa shape index (κ1) is 4.14. The van der Waals surface area contributed by atoms with Crippen molar-refractivity contribution in [3.8, 4) is 0 Å². The second-order valence-electron chi connectivity index (χ2n) is 2.70. The molecule has 0 heterocycles. The molecule has 0 atom stereocenters. The summed E-state index contributed by atoms with van der Waals surface area (Å²) in [5.41, 5.74) is 0.657. The molecule has 0 unspecified atom stereocenters. The van der Waals surface area contributed by atoms with E-state index in [1.807, 2.05) is 6.07 Å². The van der Waals surface area contributed by atoms with Crippen molar-refractivity contribution in [3.05, 3.63) is 71.7 Å². The van der Waals surface area contributed by atoms with E-state index >= 15 is 0 Å². The van der Waals surface area contributed by atoms with Crippen molar-refractivity contribution in [3.63, 3.8) is 0 Å². The van der Waals surface area contributed by atoms with E-state index in [9.17, 15) is 0 Å². The highest BCUT2D eigenvalue weighted by molar-refractivity contribution is 5.69. The highest BCUT2D eigenvalue weighted by Crippen LogP contribution is 2.06. The van der Waals surface area contributed by atoms with Gasteiger partial charge in [-0.2, -0.15) is 0 Å². The molecular weight excluding hydrogens is 168 g/mol. The van der Waals surface area contributed by atoms with Crippen LogP contribution < -0.4 is 0 Å². The zero-order valence-electron chi connectivity index (χ0n) is 13.5. The van der Waals surface area contributed by atoms with Gasteiger partial charge in [0.15, 0.2) is 0 Å². The van der Waals surface area contributed by atoms with Gasteiger partial charge in [0.1, 0.15) is 0 Å². The molecule has 0 saturated carbocycles. The average Bonchev–Trinajstić information content (AvgIpc) is 2.44. The standard InChI is InChI=1S/C14H12/c1-3-7-13(8-4-1)11-12-14-9-5-2-6-10-14/h1-12H/b12-11-/i1D,3D,4D,7D,8D,11D. The largest absolute Gasteiger partial charge is 0.0629 e. The SMILES string of the molecule is [2H]/C(=C/c1ccccc1)c1c([2H])c([2H])c([2H])c([2H])c1[2H]. The predicted molar refractivity (Wildman–Crippen MR) is 61.8 cm³/mol. The molecule has 0 N–H and O–H groups in total. The van der Waals surface area contributed by atoms with Crippen LogP contribution in [0.15, 0.2) is 60.5 Å². The maximum absolute atomic E-state index is 7.99. The highest BCUT2D eigenvalue weighted by Gasteiger charge is 1.84. The third-order valence-electron chi connectivity index (χ3n) is 1.68. The number of hydrogen-bond donors (Lipinski definition) is 0. The summed E-state index contributed by atoms with van der Waals surface area (Å²) in [6.07, 6.45) is 1.48. The van der Waals surface area contributed by atoms with E-state index in [2.05, 4.69) is 0 Å². The molecule has 0 amide bonds. The van der Waals surface area contributed by atoms with Crippen LogP contribution in [-0.4, -0.2) is 0 Å². The summed E-state index contributed by atoms with van der Waals surface area (Å²) in [4.78, 5) is 0. The van der Waals surface area contributed by atoms with E-state index in [0.717, 1.165) is 5.56 Å². The first-order valence-electron chi connectivity index (χ1n) is 7.24. The second-order valence-corrected chi connectivity index (χ2v) is 2.70. The summed E-state index contributed by atoms with van der Waals surface area (Å²) in [7, 11) is 0. The van der Waals surface area contributed by atoms with Gasteiger partial charge >= 0.3 is 0 Å². The van der Waals surface area contributed by atoms with Crippen molar-refractivity contribution < 1.29 is 8.22 Å². The third-order valence-corrected chi connectivity index (χ3v) is 1.68. The zero-order valence-corrected chi connectivity index (χ0v) is 7.46. The summed E-state index contributed by atoms with van der Waals surface area (Å²) in [5, 5.41) is 0. The van der Waals surface area contributed by atoms with Crippen LogP contribution in [0.2, 0.25) is 0 Å². The minimum Gasteiger partial charge on any atom is -0.0622 e. The van der Waals surface area contributed by atoms with Gasteiger partial charge in [-0.15, -0.1) is 0 Å². The van der Waals surface area contributed by atoms with E-state index in [-0.39, 0.29) is 23.7 Å². The van der Waals surface area contributed by atoms with Crippen LogP contribution in [-0.2, 0) is 0 Å². The maximum atomic E-state index is 7.99. The maximum Gasteiger partial charge on any atom is 0.0629 e. The summed E-state index contributed by atoms with van der Waals surface area (Å²) >= 11 is 0. The summed E-state index contributed by atoms with van der Waals surface area (Å²) in [6, 6.07) is 6.91. The van der Waals surface area contributed by atoms with Crippen LogP contribution in [0.1, 0.15) is 19.4 Å². The summed E-state index contributed by atoms with van der Waals surface area (Å²) in [6.45, 7) is 0. The first-order chi connectivity index (χ1) is 9.43. The predicted octanol–water partition coefficient (Wildman–Crippen LogP) is 3.86. The smallest absolute Gasteiger partial charge is 0.0622 e. The molecule has 0 saturated heterocycles. The Kier molecular flexibility index (Phi) is 1.31. The first-order valence-corrected chi connectivity index (χ1v) is 4.24. The number of benzene rings is 2. The zero-order chi connectivity index (χ0) is 14.9. The molecule has 0 nitrogen and oxygen atoms in total. The summed E-state index contributed by atoms with van der Waals surface area (Å²) < 4.78 is 46.3. The van der Waals surface area contributed by atoms with Crippen molar-refractivity contribution in [1.82, 2.24) is 0 Å². The van der Waals surface area contributed by atoms with Crippen molar-refractivity contribution in [2.24, 2.45) is 0 Å². The Balaban J connectivity index is 2.62. The van der Waals surface area contributed by atoms with E-state index < -0.39 is 18.1 Å². The topological polar surface area (TPSA) is 0 Å². The van der Waals surface area contributed by atoms with Crippen LogP contribution >= 0.6 is 0 Å². The molecule has 0 aliphatic carbocycles. The molecule has 0 radical (unpaired) electrons. The fourth-order valence-corrected chi connectivity index (χ4v) is 1.03. The Morgan fingerprint density at radius 3 is 2.36 bits per heavy atom. The minimum absolute atomic E-state index is 0.0835. The van der Waals surface area contributed by atoms with Gasteiger partial charge < -0.3 is 0 Å². The lowest BCUT2D eigenvalue weighted by Gasteiger charge is -1.92. The minimum atomic E-state index is -0.448. The molecule has 0 aliphatic heterocycles. The molecule has 68 valence electrons. The highest BCUT2D eigenvalue weighted by atomic mass is 13.9. The Labute approximate surface area is 93.0 Å². The van der Waals surface area contributed by atoms with Gasteiger partial charge in [0, 0.05) is 0 Å². The number of hydrogen-bond acceptors (Lipinski definition) is 0. The molecule has 0 aliphatic rings. The Morgan fingerprint density at radius 1 is 0.929 bits per heavy atom. The molecule has 0 heteroatoms. The Bertz CT molecular complexity index is 647. The van der Waals surface area contributed by atoms with Crippen molar-refractivity contribution in [1.29, 1.82) is 0 Å². The van der Waals surface area contributed by atoms with E-state index in [1.165, 1.54) is 6.08 Å².